The summed E-state index contributed by atoms with van der Waals surface area (Å²) in [4.78, 5) is 35.4. The molecule has 3 N–H and O–H groups in total. The SMILES string of the molecule is O=C(/C=C/CNC(=O)OCC1c2ccccc2-c2ccccc21)N[C@@H]1CCC[C@@H](C(=O)O)C1. The smallest absolute Gasteiger partial charge is 0.407 e. The summed E-state index contributed by atoms with van der Waals surface area (Å²) in [6.45, 7) is 0.392. The Bertz CT molecular complexity index is 1020. The van der Waals surface area contributed by atoms with Gasteiger partial charge in [-0.3, -0.25) is 9.59 Å². The maximum atomic E-state index is 12.2. The number of carbonyl (C=O) groups excluding carboxylic acids is 2. The Balaban J connectivity index is 1.22. The van der Waals surface area contributed by atoms with E-state index in [1.54, 1.807) is 6.08 Å². The number of ether oxygens (including phenoxy) is 1. The van der Waals surface area contributed by atoms with Gasteiger partial charge in [-0.25, -0.2) is 4.79 Å². The lowest BCUT2D eigenvalue weighted by molar-refractivity contribution is -0.143. The molecular weight excluding hydrogens is 420 g/mol. The molecule has 2 aromatic rings. The summed E-state index contributed by atoms with van der Waals surface area (Å²) < 4.78 is 5.46. The van der Waals surface area contributed by atoms with Crippen LogP contribution in [0.2, 0.25) is 0 Å². The zero-order chi connectivity index (χ0) is 23.2. The molecule has 172 valence electrons. The topological polar surface area (TPSA) is 105 Å². The summed E-state index contributed by atoms with van der Waals surface area (Å²) in [6.07, 6.45) is 5.03. The van der Waals surface area contributed by atoms with Crippen molar-refractivity contribution in [2.24, 2.45) is 5.92 Å². The highest BCUT2D eigenvalue weighted by molar-refractivity contribution is 5.88. The number of benzene rings is 2. The van der Waals surface area contributed by atoms with E-state index in [9.17, 15) is 14.4 Å². The van der Waals surface area contributed by atoms with Crippen LogP contribution >= 0.6 is 0 Å². The fraction of sp³-hybridized carbons (Fsp3) is 0.346. The first-order valence-electron chi connectivity index (χ1n) is 11.3. The Morgan fingerprint density at radius 2 is 1.67 bits per heavy atom. The third-order valence-electron chi connectivity index (χ3n) is 6.35. The second-order valence-corrected chi connectivity index (χ2v) is 8.52. The van der Waals surface area contributed by atoms with E-state index in [0.717, 1.165) is 24.0 Å². The lowest BCUT2D eigenvalue weighted by Crippen LogP contribution is -2.39. The van der Waals surface area contributed by atoms with E-state index in [1.807, 2.05) is 24.3 Å². The largest absolute Gasteiger partial charge is 0.481 e. The monoisotopic (exact) mass is 448 g/mol. The van der Waals surface area contributed by atoms with Crippen molar-refractivity contribution in [3.63, 3.8) is 0 Å². The summed E-state index contributed by atoms with van der Waals surface area (Å²) >= 11 is 0. The molecule has 0 radical (unpaired) electrons. The van der Waals surface area contributed by atoms with E-state index in [-0.39, 0.29) is 31.0 Å². The van der Waals surface area contributed by atoms with Crippen molar-refractivity contribution in [3.05, 3.63) is 71.8 Å². The first-order valence-corrected chi connectivity index (χ1v) is 11.3. The van der Waals surface area contributed by atoms with Crippen LogP contribution in [0, 0.1) is 5.92 Å². The van der Waals surface area contributed by atoms with Gasteiger partial charge in [0.15, 0.2) is 0 Å². The molecule has 33 heavy (non-hydrogen) atoms. The zero-order valence-electron chi connectivity index (χ0n) is 18.3. The normalized spacial score (nSPS) is 19.5. The Morgan fingerprint density at radius 3 is 2.33 bits per heavy atom. The van der Waals surface area contributed by atoms with Crippen LogP contribution in [-0.4, -0.2) is 42.3 Å². The molecule has 0 aromatic heterocycles. The van der Waals surface area contributed by atoms with Gasteiger partial charge in [-0.05, 0) is 41.5 Å². The van der Waals surface area contributed by atoms with E-state index in [0.29, 0.717) is 12.8 Å². The third kappa shape index (κ3) is 5.42. The number of aliphatic carboxylic acids is 1. The molecule has 0 aliphatic heterocycles. The van der Waals surface area contributed by atoms with Crippen LogP contribution in [0.15, 0.2) is 60.7 Å². The highest BCUT2D eigenvalue weighted by Gasteiger charge is 2.29. The number of carbonyl (C=O) groups is 3. The van der Waals surface area contributed by atoms with Crippen molar-refractivity contribution in [3.8, 4) is 11.1 Å². The highest BCUT2D eigenvalue weighted by atomic mass is 16.5. The summed E-state index contributed by atoms with van der Waals surface area (Å²) in [5.41, 5.74) is 4.64. The zero-order valence-corrected chi connectivity index (χ0v) is 18.3. The number of alkyl carbamates (subject to hydrolysis) is 1. The third-order valence-corrected chi connectivity index (χ3v) is 6.35. The Hall–Kier alpha value is -3.61. The van der Waals surface area contributed by atoms with Crippen molar-refractivity contribution in [1.82, 2.24) is 10.6 Å². The van der Waals surface area contributed by atoms with Crippen LogP contribution in [0.25, 0.3) is 11.1 Å². The number of carboxylic acids is 1. The summed E-state index contributed by atoms with van der Waals surface area (Å²) in [6, 6.07) is 16.2. The Labute approximate surface area is 192 Å². The Morgan fingerprint density at radius 1 is 1.00 bits per heavy atom. The number of carboxylic acid groups (broad SMARTS) is 1. The average molecular weight is 449 g/mol. The molecule has 0 bridgehead atoms. The predicted molar refractivity (Wildman–Crippen MR) is 124 cm³/mol. The number of rotatable bonds is 7. The van der Waals surface area contributed by atoms with Crippen LogP contribution in [-0.2, 0) is 14.3 Å². The van der Waals surface area contributed by atoms with Gasteiger partial charge in [-0.15, -0.1) is 0 Å². The van der Waals surface area contributed by atoms with E-state index in [1.165, 1.54) is 17.2 Å². The lowest BCUT2D eigenvalue weighted by Gasteiger charge is -2.26. The minimum Gasteiger partial charge on any atom is -0.481 e. The minimum atomic E-state index is -0.809. The molecular formula is C26H28N2O5. The molecule has 7 heteroatoms. The quantitative estimate of drug-likeness (QED) is 0.558. The van der Waals surface area contributed by atoms with Gasteiger partial charge in [0, 0.05) is 24.6 Å². The van der Waals surface area contributed by atoms with E-state index < -0.39 is 18.0 Å². The van der Waals surface area contributed by atoms with Crippen molar-refractivity contribution in [2.45, 2.75) is 37.6 Å². The fourth-order valence-corrected chi connectivity index (χ4v) is 4.75. The number of hydrogen-bond donors (Lipinski definition) is 3. The van der Waals surface area contributed by atoms with E-state index >= 15 is 0 Å². The highest BCUT2D eigenvalue weighted by Crippen LogP contribution is 2.44. The minimum absolute atomic E-state index is 0.00501. The van der Waals surface area contributed by atoms with Crippen LogP contribution in [0.1, 0.15) is 42.7 Å². The van der Waals surface area contributed by atoms with Crippen LogP contribution < -0.4 is 10.6 Å². The first-order chi connectivity index (χ1) is 16.0. The predicted octanol–water partition coefficient (Wildman–Crippen LogP) is 3.84. The lowest BCUT2D eigenvalue weighted by atomic mass is 9.86. The van der Waals surface area contributed by atoms with Gasteiger partial charge in [0.2, 0.25) is 5.91 Å². The molecule has 2 aliphatic rings. The molecule has 2 aliphatic carbocycles. The molecule has 1 saturated carbocycles. The van der Waals surface area contributed by atoms with Gasteiger partial charge >= 0.3 is 12.1 Å². The second-order valence-electron chi connectivity index (χ2n) is 8.52. The van der Waals surface area contributed by atoms with E-state index in [2.05, 4.69) is 34.9 Å². The van der Waals surface area contributed by atoms with Gasteiger partial charge in [0.25, 0.3) is 0 Å². The molecule has 4 rings (SSSR count). The fourth-order valence-electron chi connectivity index (χ4n) is 4.75. The molecule has 7 nitrogen and oxygen atoms in total. The van der Waals surface area contributed by atoms with Gasteiger partial charge < -0.3 is 20.5 Å². The first kappa shape index (κ1) is 22.6. The van der Waals surface area contributed by atoms with E-state index in [4.69, 9.17) is 9.84 Å². The molecule has 1 fully saturated rings. The van der Waals surface area contributed by atoms with Crippen molar-refractivity contribution in [2.75, 3.05) is 13.2 Å². The molecule has 0 saturated heterocycles. The number of fused-ring (bicyclic) bond motifs is 3. The molecule has 2 amide bonds. The standard InChI is InChI=1S/C26H28N2O5/c29-24(28-18-8-5-7-17(15-18)25(30)31)13-6-14-27-26(32)33-16-23-21-11-3-1-9-19(21)20-10-2-4-12-22(20)23/h1-4,6,9-13,17-18,23H,5,7-8,14-16H2,(H,27,32)(H,28,29)(H,30,31)/b13-6+/t17-,18-/m1/s1. The average Bonchev–Trinajstić information content (AvgIpc) is 3.14. The van der Waals surface area contributed by atoms with Crippen molar-refractivity contribution < 1.29 is 24.2 Å². The number of hydrogen-bond acceptors (Lipinski definition) is 4. The number of nitrogens with one attached hydrogen (secondary N) is 2. The Kier molecular flexibility index (Phi) is 7.07. The van der Waals surface area contributed by atoms with Crippen molar-refractivity contribution >= 4 is 18.0 Å². The summed E-state index contributed by atoms with van der Waals surface area (Å²) in [5.74, 6) is -1.50. The maximum Gasteiger partial charge on any atom is 0.407 e. The van der Waals surface area contributed by atoms with Crippen LogP contribution in [0.4, 0.5) is 4.79 Å². The van der Waals surface area contributed by atoms with Crippen LogP contribution in [0.3, 0.4) is 0 Å². The number of amides is 2. The second kappa shape index (κ2) is 10.3. The van der Waals surface area contributed by atoms with Crippen molar-refractivity contribution in [1.29, 1.82) is 0 Å². The van der Waals surface area contributed by atoms with Gasteiger partial charge in [0.05, 0.1) is 5.92 Å². The van der Waals surface area contributed by atoms with Gasteiger partial charge in [-0.2, -0.15) is 0 Å². The van der Waals surface area contributed by atoms with Gasteiger partial charge in [-0.1, -0.05) is 61.0 Å². The summed E-state index contributed by atoms with van der Waals surface area (Å²) in [5, 5.41) is 14.6. The maximum absolute atomic E-state index is 12.2. The molecule has 2 atom stereocenters. The molecule has 0 unspecified atom stereocenters. The molecule has 2 aromatic carbocycles. The van der Waals surface area contributed by atoms with Crippen LogP contribution in [0.5, 0.6) is 0 Å². The summed E-state index contributed by atoms with van der Waals surface area (Å²) in [7, 11) is 0. The molecule has 0 spiro atoms. The molecule has 0 heterocycles. The van der Waals surface area contributed by atoms with Gasteiger partial charge in [0.1, 0.15) is 6.61 Å².